The van der Waals surface area contributed by atoms with Gasteiger partial charge in [0.1, 0.15) is 53.7 Å². The number of aromatic nitrogens is 1. The first kappa shape index (κ1) is 54.7. The molecule has 1 heterocycles. The van der Waals surface area contributed by atoms with Gasteiger partial charge < -0.3 is 44.4 Å². The molecule has 0 fully saturated rings. The van der Waals surface area contributed by atoms with E-state index in [0.717, 1.165) is 11.1 Å². The third-order valence-corrected chi connectivity index (χ3v) is 8.81. The number of carbonyl (C=O) groups is 6. The summed E-state index contributed by atoms with van der Waals surface area (Å²) in [6, 6.07) is 14.6. The zero-order valence-electron chi connectivity index (χ0n) is 41.0. The predicted octanol–water partition coefficient (Wildman–Crippen LogP) is 8.20. The van der Waals surface area contributed by atoms with E-state index >= 15 is 0 Å². The van der Waals surface area contributed by atoms with Gasteiger partial charge in [-0.2, -0.15) is 0 Å². The molecule has 3 N–H and O–H groups in total. The SMILES string of the molecule is CC(C)(C)OC(=O)N[C@@H](CCc1cncc(CC[C@H](NC(=O)OC(C)(C)C)C(=O)OCc2ccccc2)c1C#CC[C@H](NC(=O)OC(C)(C)C)C(=O)OC(C)(C)C)C(=O)OCc1ccccc1. The number of alkyl carbamates (subject to hydrolysis) is 3. The topological polar surface area (TPSA) is 207 Å². The zero-order chi connectivity index (χ0) is 50.0. The number of pyridine rings is 1. The molecule has 0 saturated carbocycles. The molecule has 16 heteroatoms. The van der Waals surface area contributed by atoms with Crippen molar-refractivity contribution in [2.24, 2.45) is 0 Å². The molecule has 0 saturated heterocycles. The minimum absolute atomic E-state index is 0.0159. The minimum atomic E-state index is -1.24. The molecule has 0 unspecified atom stereocenters. The summed E-state index contributed by atoms with van der Waals surface area (Å²) in [6.07, 6.45) is 0.684. The number of amides is 3. The van der Waals surface area contributed by atoms with Crippen molar-refractivity contribution in [3.8, 4) is 11.8 Å². The van der Waals surface area contributed by atoms with Crippen molar-refractivity contribution < 1.29 is 57.2 Å². The molecule has 2 aromatic carbocycles. The molecule has 3 rings (SSSR count). The van der Waals surface area contributed by atoms with Crippen LogP contribution < -0.4 is 16.0 Å². The van der Waals surface area contributed by atoms with Crippen LogP contribution in [0.5, 0.6) is 0 Å². The van der Waals surface area contributed by atoms with E-state index in [1.807, 2.05) is 36.4 Å². The molecule has 0 aliphatic carbocycles. The quantitative estimate of drug-likeness (QED) is 0.0664. The van der Waals surface area contributed by atoms with Gasteiger partial charge in [-0.3, -0.25) is 4.98 Å². The number of ether oxygens (including phenoxy) is 6. The standard InChI is InChI=1S/C51H68N4O12/c1-48(2,3)64-44(58)39(53-45(59)65-49(4,5)6)25-19-24-38-36(26-28-40(54-46(60)66-50(7,8)9)42(56)62-32-34-20-15-13-16-21-34)30-52-31-37(38)27-29-41(55-47(61)67-51(10,11)12)43(57)63-33-35-22-17-14-18-23-35/h13-18,20-23,30-31,39-41H,25-29,32-33H2,1-12H3,(H,53,59)(H,54,60)(H,55,61)/t39-,40-,41-/m0/s1. The third kappa shape index (κ3) is 22.4. The van der Waals surface area contributed by atoms with E-state index in [1.54, 1.807) is 120 Å². The lowest BCUT2D eigenvalue weighted by Crippen LogP contribution is -2.45. The number of hydrogen-bond donors (Lipinski definition) is 3. The van der Waals surface area contributed by atoms with E-state index < -0.39 is 76.7 Å². The van der Waals surface area contributed by atoms with Crippen molar-refractivity contribution in [1.29, 1.82) is 0 Å². The summed E-state index contributed by atoms with van der Waals surface area (Å²) in [4.78, 5) is 84.1. The highest BCUT2D eigenvalue weighted by molar-refractivity contribution is 5.83. The summed E-state index contributed by atoms with van der Waals surface area (Å²) in [5, 5.41) is 7.87. The minimum Gasteiger partial charge on any atom is -0.459 e. The van der Waals surface area contributed by atoms with Crippen LogP contribution in [0.4, 0.5) is 14.4 Å². The Morgan fingerprint density at radius 3 is 1.22 bits per heavy atom. The number of nitrogens with one attached hydrogen (secondary N) is 3. The highest BCUT2D eigenvalue weighted by Gasteiger charge is 2.30. The number of carbonyl (C=O) groups excluding carboxylic acids is 6. The average Bonchev–Trinajstić information content (AvgIpc) is 3.20. The lowest BCUT2D eigenvalue weighted by molar-refractivity contribution is -0.157. The van der Waals surface area contributed by atoms with Gasteiger partial charge in [-0.25, -0.2) is 28.8 Å². The van der Waals surface area contributed by atoms with Gasteiger partial charge in [0.05, 0.1) is 0 Å². The first-order chi connectivity index (χ1) is 31.2. The maximum atomic E-state index is 13.6. The Morgan fingerprint density at radius 1 is 0.507 bits per heavy atom. The first-order valence-corrected chi connectivity index (χ1v) is 22.2. The van der Waals surface area contributed by atoms with Gasteiger partial charge in [-0.15, -0.1) is 0 Å². The summed E-state index contributed by atoms with van der Waals surface area (Å²) in [6.45, 7) is 20.3. The van der Waals surface area contributed by atoms with Gasteiger partial charge in [0.2, 0.25) is 0 Å². The van der Waals surface area contributed by atoms with Gasteiger partial charge in [-0.05, 0) is 131 Å². The van der Waals surface area contributed by atoms with Crippen molar-refractivity contribution in [3.05, 3.63) is 101 Å². The van der Waals surface area contributed by atoms with Crippen LogP contribution in [0.3, 0.4) is 0 Å². The van der Waals surface area contributed by atoms with Crippen molar-refractivity contribution in [2.45, 2.75) is 169 Å². The summed E-state index contributed by atoms with van der Waals surface area (Å²) >= 11 is 0. The second-order valence-electron chi connectivity index (χ2n) is 19.7. The Kier molecular flexibility index (Phi) is 20.2. The van der Waals surface area contributed by atoms with Crippen LogP contribution in [0.15, 0.2) is 73.1 Å². The second-order valence-corrected chi connectivity index (χ2v) is 19.7. The van der Waals surface area contributed by atoms with Gasteiger partial charge in [0, 0.05) is 24.4 Å². The molecular weight excluding hydrogens is 861 g/mol. The molecule has 0 aliphatic rings. The highest BCUT2D eigenvalue weighted by atomic mass is 16.6. The van der Waals surface area contributed by atoms with Crippen LogP contribution in [0.25, 0.3) is 0 Å². The molecule has 1 aromatic heterocycles. The van der Waals surface area contributed by atoms with Crippen molar-refractivity contribution >= 4 is 36.2 Å². The van der Waals surface area contributed by atoms with Crippen LogP contribution in [-0.2, 0) is 68.9 Å². The summed E-state index contributed by atoms with van der Waals surface area (Å²) in [7, 11) is 0. The normalized spacial score (nSPS) is 13.0. The van der Waals surface area contributed by atoms with E-state index in [0.29, 0.717) is 16.7 Å². The molecule has 3 amide bonds. The third-order valence-electron chi connectivity index (χ3n) is 8.81. The number of aryl methyl sites for hydroxylation is 2. The smallest absolute Gasteiger partial charge is 0.408 e. The van der Waals surface area contributed by atoms with Gasteiger partial charge in [0.25, 0.3) is 0 Å². The molecule has 3 aromatic rings. The number of rotatable bonds is 17. The van der Waals surface area contributed by atoms with Crippen LogP contribution in [0.1, 0.15) is 130 Å². The molecule has 16 nitrogen and oxygen atoms in total. The summed E-state index contributed by atoms with van der Waals surface area (Å²) < 4.78 is 33.3. The monoisotopic (exact) mass is 928 g/mol. The Labute approximate surface area is 394 Å². The molecule has 0 radical (unpaired) electrons. The lowest BCUT2D eigenvalue weighted by atomic mass is 9.95. The van der Waals surface area contributed by atoms with Crippen LogP contribution in [-0.4, -0.2) is 81.7 Å². The Hall–Kier alpha value is -6.63. The summed E-state index contributed by atoms with van der Waals surface area (Å²) in [5.74, 6) is 4.02. The highest BCUT2D eigenvalue weighted by Crippen LogP contribution is 2.21. The van der Waals surface area contributed by atoms with E-state index in [-0.39, 0.29) is 45.3 Å². The van der Waals surface area contributed by atoms with Crippen molar-refractivity contribution in [2.75, 3.05) is 0 Å². The van der Waals surface area contributed by atoms with Gasteiger partial charge in [-0.1, -0.05) is 72.5 Å². The van der Waals surface area contributed by atoms with Crippen molar-refractivity contribution in [3.63, 3.8) is 0 Å². The van der Waals surface area contributed by atoms with Crippen molar-refractivity contribution in [1.82, 2.24) is 20.9 Å². The predicted molar refractivity (Wildman–Crippen MR) is 250 cm³/mol. The molecule has 67 heavy (non-hydrogen) atoms. The number of hydrogen-bond acceptors (Lipinski definition) is 13. The van der Waals surface area contributed by atoms with Gasteiger partial charge >= 0.3 is 36.2 Å². The van der Waals surface area contributed by atoms with Crippen LogP contribution >= 0.6 is 0 Å². The average molecular weight is 929 g/mol. The maximum Gasteiger partial charge on any atom is 0.408 e. The Bertz CT molecular complexity index is 2080. The molecule has 0 spiro atoms. The van der Waals surface area contributed by atoms with E-state index in [2.05, 4.69) is 32.8 Å². The van der Waals surface area contributed by atoms with E-state index in [9.17, 15) is 28.8 Å². The molecule has 0 bridgehead atoms. The largest absolute Gasteiger partial charge is 0.459 e. The fourth-order valence-corrected chi connectivity index (χ4v) is 6.01. The molecule has 3 atom stereocenters. The summed E-state index contributed by atoms with van der Waals surface area (Å²) in [5.41, 5.74) is -0.468. The first-order valence-electron chi connectivity index (χ1n) is 22.2. The molecule has 0 aliphatic heterocycles. The molecule has 364 valence electrons. The number of benzene rings is 2. The number of esters is 3. The van der Waals surface area contributed by atoms with E-state index in [4.69, 9.17) is 28.4 Å². The fourth-order valence-electron chi connectivity index (χ4n) is 6.01. The maximum absolute atomic E-state index is 13.6. The van der Waals surface area contributed by atoms with Gasteiger partial charge in [0.15, 0.2) is 0 Å². The lowest BCUT2D eigenvalue weighted by Gasteiger charge is -2.25. The molecular formula is C51H68N4O12. The fraction of sp³-hybridized carbons (Fsp3) is 0.510. The zero-order valence-corrected chi connectivity index (χ0v) is 41.0. The number of nitrogens with zero attached hydrogens (tertiary/aromatic N) is 1. The Balaban J connectivity index is 2.06. The second kappa shape index (κ2) is 24.8. The van der Waals surface area contributed by atoms with Crippen LogP contribution in [0.2, 0.25) is 0 Å². The van der Waals surface area contributed by atoms with E-state index in [1.165, 1.54) is 0 Å². The van der Waals surface area contributed by atoms with Crippen LogP contribution in [0, 0.1) is 11.8 Å². The Morgan fingerprint density at radius 2 is 0.866 bits per heavy atom.